The Labute approximate surface area is 82.4 Å². The van der Waals surface area contributed by atoms with Gasteiger partial charge in [0, 0.05) is 6.61 Å². The van der Waals surface area contributed by atoms with Gasteiger partial charge in [0.25, 0.3) is 9.04 Å². The average molecular weight is 203 g/mol. The van der Waals surface area contributed by atoms with E-state index in [0.29, 0.717) is 0 Å². The van der Waals surface area contributed by atoms with Gasteiger partial charge in [-0.15, -0.1) is 0 Å². The Morgan fingerprint density at radius 1 is 1.15 bits per heavy atom. The lowest BCUT2D eigenvalue weighted by Crippen LogP contribution is -2.52. The Bertz CT molecular complexity index is 168. The maximum atomic E-state index is 14.4. The molecule has 0 bridgehead atoms. The van der Waals surface area contributed by atoms with Gasteiger partial charge in [0.2, 0.25) is 0 Å². The van der Waals surface area contributed by atoms with Gasteiger partial charge in [-0.05, 0) is 24.8 Å². The Morgan fingerprint density at radius 2 is 1.77 bits per heavy atom. The van der Waals surface area contributed by atoms with Crippen molar-refractivity contribution in [1.82, 2.24) is 0 Å². The van der Waals surface area contributed by atoms with Crippen molar-refractivity contribution in [2.75, 3.05) is 6.61 Å². The highest BCUT2D eigenvalue weighted by Crippen LogP contribution is 2.38. The summed E-state index contributed by atoms with van der Waals surface area (Å²) < 4.78 is 20.0. The molecule has 1 aliphatic heterocycles. The van der Waals surface area contributed by atoms with Crippen molar-refractivity contribution in [3.8, 4) is 0 Å². The van der Waals surface area contributed by atoms with Crippen LogP contribution in [0.15, 0.2) is 0 Å². The molecule has 3 heteroatoms. The normalized spacial score (nSPS) is 25.6. The molecule has 0 amide bonds. The van der Waals surface area contributed by atoms with E-state index in [2.05, 4.69) is 0 Å². The summed E-state index contributed by atoms with van der Waals surface area (Å²) in [5.74, 6) is 0. The van der Waals surface area contributed by atoms with Crippen LogP contribution in [0, 0.1) is 5.41 Å². The monoisotopic (exact) mass is 203 g/mol. The predicted octanol–water partition coefficient (Wildman–Crippen LogP) is 3.10. The van der Waals surface area contributed by atoms with E-state index in [9.17, 15) is 4.39 Å². The Kier molecular flexibility index (Phi) is 3.18. The van der Waals surface area contributed by atoms with Crippen molar-refractivity contribution >= 4 is 9.04 Å². The maximum Gasteiger partial charge on any atom is 0.251 e. The molecule has 1 aliphatic rings. The van der Waals surface area contributed by atoms with Crippen molar-refractivity contribution in [3.05, 3.63) is 0 Å². The summed E-state index contributed by atoms with van der Waals surface area (Å²) in [5, 5.41) is -1.11. The minimum atomic E-state index is -1.25. The van der Waals surface area contributed by atoms with Crippen molar-refractivity contribution in [2.45, 2.75) is 51.9 Å². The Hall–Kier alpha value is 0.107. The van der Waals surface area contributed by atoms with Gasteiger partial charge in [-0.1, -0.05) is 27.2 Å². The highest BCUT2D eigenvalue weighted by atomic mass is 28.3. The van der Waals surface area contributed by atoms with Gasteiger partial charge in [-0.2, -0.15) is 0 Å². The van der Waals surface area contributed by atoms with E-state index in [1.54, 1.807) is 6.92 Å². The Balaban J connectivity index is 2.67. The lowest BCUT2D eigenvalue weighted by atomic mass is 9.91. The van der Waals surface area contributed by atoms with Gasteiger partial charge in [-0.25, -0.2) is 4.39 Å². The zero-order valence-corrected chi connectivity index (χ0v) is 10.1. The molecule has 1 radical (unpaired) electrons. The van der Waals surface area contributed by atoms with Gasteiger partial charge in [0.15, 0.2) is 0 Å². The third kappa shape index (κ3) is 2.32. The van der Waals surface area contributed by atoms with Crippen LogP contribution in [0.25, 0.3) is 0 Å². The second-order valence-corrected chi connectivity index (χ2v) is 7.56. The zero-order valence-electron chi connectivity index (χ0n) is 9.11. The maximum absolute atomic E-state index is 14.4. The molecule has 13 heavy (non-hydrogen) atoms. The fourth-order valence-corrected chi connectivity index (χ4v) is 4.13. The quantitative estimate of drug-likeness (QED) is 0.595. The lowest BCUT2D eigenvalue weighted by molar-refractivity contribution is 0.0944. The van der Waals surface area contributed by atoms with Gasteiger partial charge in [0.05, 0.1) is 0 Å². The zero-order chi connectivity index (χ0) is 10.1. The molecule has 1 saturated heterocycles. The third-order valence-electron chi connectivity index (χ3n) is 3.01. The van der Waals surface area contributed by atoms with Crippen molar-refractivity contribution < 1.29 is 8.82 Å². The third-order valence-corrected chi connectivity index (χ3v) is 6.16. The summed E-state index contributed by atoms with van der Waals surface area (Å²) in [4.78, 5) is 0. The molecule has 1 rings (SSSR count). The molecule has 1 nitrogen and oxygen atoms in total. The van der Waals surface area contributed by atoms with Gasteiger partial charge in [-0.3, -0.25) is 0 Å². The topological polar surface area (TPSA) is 9.23 Å². The SMILES string of the molecule is CC(C)(C)C(C)(F)[Si]1CCCCO1. The Morgan fingerprint density at radius 3 is 2.15 bits per heavy atom. The van der Waals surface area contributed by atoms with Crippen molar-refractivity contribution in [2.24, 2.45) is 5.41 Å². The van der Waals surface area contributed by atoms with Gasteiger partial charge < -0.3 is 4.43 Å². The van der Waals surface area contributed by atoms with Crippen LogP contribution in [0.3, 0.4) is 0 Å². The number of hydrogen-bond acceptors (Lipinski definition) is 1. The summed E-state index contributed by atoms with van der Waals surface area (Å²) >= 11 is 0. The predicted molar refractivity (Wildman–Crippen MR) is 54.7 cm³/mol. The highest BCUT2D eigenvalue weighted by molar-refractivity contribution is 6.55. The van der Waals surface area contributed by atoms with Crippen LogP contribution in [0.1, 0.15) is 40.5 Å². The van der Waals surface area contributed by atoms with E-state index in [0.717, 1.165) is 25.5 Å². The molecule has 0 aliphatic carbocycles. The standard InChI is InChI=1S/C10H20FOSi/c1-9(2,3)10(4,11)13-8-6-5-7-12-13/h5-8H2,1-4H3. The second-order valence-electron chi connectivity index (χ2n) is 4.98. The van der Waals surface area contributed by atoms with Crippen LogP contribution in [0.5, 0.6) is 0 Å². The molecule has 0 saturated carbocycles. The largest absolute Gasteiger partial charge is 0.413 e. The van der Waals surface area contributed by atoms with Crippen LogP contribution < -0.4 is 0 Å². The molecular formula is C10H20FOSi. The summed E-state index contributed by atoms with van der Waals surface area (Å²) in [5.41, 5.74) is -0.293. The lowest BCUT2D eigenvalue weighted by Gasteiger charge is -2.40. The number of hydrogen-bond donors (Lipinski definition) is 0. The van der Waals surface area contributed by atoms with E-state index in [-0.39, 0.29) is 5.41 Å². The van der Waals surface area contributed by atoms with Crippen LogP contribution in [-0.4, -0.2) is 20.9 Å². The van der Waals surface area contributed by atoms with E-state index in [1.165, 1.54) is 0 Å². The molecule has 0 aromatic heterocycles. The van der Waals surface area contributed by atoms with Crippen LogP contribution >= 0.6 is 0 Å². The first-order valence-corrected chi connectivity index (χ1v) is 6.65. The summed E-state index contributed by atoms with van der Waals surface area (Å²) in [6.07, 6.45) is 2.25. The first kappa shape index (κ1) is 11.2. The highest BCUT2D eigenvalue weighted by Gasteiger charge is 2.48. The number of halogens is 1. The minimum absolute atomic E-state index is 0.293. The summed E-state index contributed by atoms with van der Waals surface area (Å²) in [6, 6.07) is 0.967. The van der Waals surface area contributed by atoms with E-state index < -0.39 is 14.3 Å². The van der Waals surface area contributed by atoms with E-state index in [1.807, 2.05) is 20.8 Å². The first-order chi connectivity index (χ1) is 5.86. The van der Waals surface area contributed by atoms with Gasteiger partial charge >= 0.3 is 0 Å². The number of alkyl halides is 1. The summed E-state index contributed by atoms with van der Waals surface area (Å²) in [7, 11) is -1.25. The fraction of sp³-hybridized carbons (Fsp3) is 1.00. The molecular weight excluding hydrogens is 183 g/mol. The molecule has 0 spiro atoms. The van der Waals surface area contributed by atoms with Crippen LogP contribution in [0.4, 0.5) is 4.39 Å². The minimum Gasteiger partial charge on any atom is -0.413 e. The molecule has 1 unspecified atom stereocenters. The molecule has 77 valence electrons. The smallest absolute Gasteiger partial charge is 0.251 e. The molecule has 1 heterocycles. The average Bonchev–Trinajstić information content (AvgIpc) is 2.04. The molecule has 0 N–H and O–H groups in total. The molecule has 0 aromatic rings. The van der Waals surface area contributed by atoms with Gasteiger partial charge in [0.1, 0.15) is 5.29 Å². The van der Waals surface area contributed by atoms with Crippen molar-refractivity contribution in [1.29, 1.82) is 0 Å². The van der Waals surface area contributed by atoms with Crippen molar-refractivity contribution in [3.63, 3.8) is 0 Å². The fourth-order valence-electron chi connectivity index (χ4n) is 1.44. The molecule has 1 atom stereocenters. The van der Waals surface area contributed by atoms with E-state index >= 15 is 0 Å². The molecule has 1 fully saturated rings. The second kappa shape index (κ2) is 3.69. The number of rotatable bonds is 1. The van der Waals surface area contributed by atoms with Crippen LogP contribution in [0.2, 0.25) is 6.04 Å². The molecule has 0 aromatic carbocycles. The van der Waals surface area contributed by atoms with E-state index in [4.69, 9.17) is 4.43 Å². The summed E-state index contributed by atoms with van der Waals surface area (Å²) in [6.45, 7) is 8.37. The van der Waals surface area contributed by atoms with Crippen LogP contribution in [-0.2, 0) is 4.43 Å². The first-order valence-electron chi connectivity index (χ1n) is 5.04.